The van der Waals surface area contributed by atoms with E-state index in [1.165, 1.54) is 0 Å². The highest BCUT2D eigenvalue weighted by molar-refractivity contribution is 7.80. The van der Waals surface area contributed by atoms with Crippen molar-refractivity contribution in [3.05, 3.63) is 30.3 Å². The second kappa shape index (κ2) is 5.06. The number of rotatable bonds is 4. The molecule has 0 amide bonds. The van der Waals surface area contributed by atoms with Gasteiger partial charge in [-0.05, 0) is 18.6 Å². The molecule has 0 fully saturated rings. The highest BCUT2D eigenvalue weighted by Gasteiger charge is 2.01. The van der Waals surface area contributed by atoms with Gasteiger partial charge < -0.3 is 0 Å². The average molecular weight is 184 g/mol. The zero-order valence-corrected chi connectivity index (χ0v) is 7.84. The fraction of sp³-hybridized carbons (Fsp3) is 0.333. The van der Waals surface area contributed by atoms with E-state index < -0.39 is 11.1 Å². The molecule has 0 saturated carbocycles. The van der Waals surface area contributed by atoms with E-state index >= 15 is 0 Å². The van der Waals surface area contributed by atoms with Crippen LogP contribution in [0.25, 0.3) is 0 Å². The molecule has 0 heterocycles. The van der Waals surface area contributed by atoms with E-state index in [0.29, 0.717) is 6.61 Å². The first-order chi connectivity index (χ1) is 5.84. The average Bonchev–Trinajstić information content (AvgIpc) is 2.15. The van der Waals surface area contributed by atoms with Crippen molar-refractivity contribution in [1.82, 2.24) is 0 Å². The maximum absolute atomic E-state index is 11.3. The summed E-state index contributed by atoms with van der Waals surface area (Å²) in [6, 6.07) is 9.18. The molecule has 0 aliphatic heterocycles. The third-order valence-corrected chi connectivity index (χ3v) is 2.37. The minimum absolute atomic E-state index is 0.543. The lowest BCUT2D eigenvalue weighted by Crippen LogP contribution is -1.98. The molecule has 0 aliphatic carbocycles. The van der Waals surface area contributed by atoms with Gasteiger partial charge in [-0.3, -0.25) is 4.18 Å². The number of hydrogen-bond acceptors (Lipinski definition) is 2. The molecule has 12 heavy (non-hydrogen) atoms. The van der Waals surface area contributed by atoms with E-state index in [1.807, 2.05) is 25.1 Å². The molecule has 0 radical (unpaired) electrons. The van der Waals surface area contributed by atoms with Crippen LogP contribution in [0.1, 0.15) is 13.3 Å². The maximum atomic E-state index is 11.3. The summed E-state index contributed by atoms with van der Waals surface area (Å²) in [5.41, 5.74) is 0. The van der Waals surface area contributed by atoms with Crippen molar-refractivity contribution in [3.8, 4) is 0 Å². The first-order valence-corrected chi connectivity index (χ1v) is 5.02. The van der Waals surface area contributed by atoms with Crippen LogP contribution in [0, 0.1) is 0 Å². The molecule has 66 valence electrons. The standard InChI is InChI=1S/C9H12O2S/c1-2-8-11-12(10)9-6-4-3-5-7-9/h3-7H,2,8H2,1H3. The molecule has 0 aromatic heterocycles. The first-order valence-electron chi connectivity index (χ1n) is 3.94. The van der Waals surface area contributed by atoms with Gasteiger partial charge in [0.05, 0.1) is 11.5 Å². The molecule has 1 aromatic rings. The summed E-state index contributed by atoms with van der Waals surface area (Å²) in [4.78, 5) is 0.728. The zero-order chi connectivity index (χ0) is 8.81. The minimum atomic E-state index is -1.28. The monoisotopic (exact) mass is 184 g/mol. The molecule has 0 bridgehead atoms. The predicted molar refractivity (Wildman–Crippen MR) is 49.1 cm³/mol. The normalized spacial score (nSPS) is 12.8. The van der Waals surface area contributed by atoms with Crippen molar-refractivity contribution in [2.75, 3.05) is 6.61 Å². The molecule has 1 atom stereocenters. The second-order valence-electron chi connectivity index (χ2n) is 2.37. The summed E-state index contributed by atoms with van der Waals surface area (Å²) in [7, 11) is 0. The lowest BCUT2D eigenvalue weighted by atomic mass is 10.4. The maximum Gasteiger partial charge on any atom is 0.189 e. The van der Waals surface area contributed by atoms with Crippen LogP contribution in [0.3, 0.4) is 0 Å². The van der Waals surface area contributed by atoms with E-state index in [2.05, 4.69) is 0 Å². The Morgan fingerprint density at radius 3 is 2.58 bits per heavy atom. The van der Waals surface area contributed by atoms with Gasteiger partial charge in [-0.2, -0.15) is 0 Å². The van der Waals surface area contributed by atoms with Crippen LogP contribution < -0.4 is 0 Å². The van der Waals surface area contributed by atoms with Crippen LogP contribution in [0.5, 0.6) is 0 Å². The molecule has 3 heteroatoms. The van der Waals surface area contributed by atoms with E-state index in [-0.39, 0.29) is 0 Å². The smallest absolute Gasteiger partial charge is 0.189 e. The molecular weight excluding hydrogens is 172 g/mol. The van der Waals surface area contributed by atoms with Gasteiger partial charge in [-0.15, -0.1) is 0 Å². The van der Waals surface area contributed by atoms with Crippen LogP contribution in [0.2, 0.25) is 0 Å². The summed E-state index contributed by atoms with van der Waals surface area (Å²) in [6.45, 7) is 2.53. The largest absolute Gasteiger partial charge is 0.287 e. The molecule has 1 unspecified atom stereocenters. The SMILES string of the molecule is CCCOS(=O)c1ccccc1. The van der Waals surface area contributed by atoms with Gasteiger partial charge in [-0.1, -0.05) is 25.1 Å². The Labute approximate surface area is 75.2 Å². The van der Waals surface area contributed by atoms with Gasteiger partial charge in [0.1, 0.15) is 0 Å². The van der Waals surface area contributed by atoms with Gasteiger partial charge in [0.25, 0.3) is 0 Å². The van der Waals surface area contributed by atoms with Crippen LogP contribution >= 0.6 is 0 Å². The van der Waals surface area contributed by atoms with Crippen molar-refractivity contribution < 1.29 is 8.39 Å². The van der Waals surface area contributed by atoms with E-state index in [1.54, 1.807) is 12.1 Å². The minimum Gasteiger partial charge on any atom is -0.287 e. The fourth-order valence-corrected chi connectivity index (χ4v) is 1.59. The molecule has 2 nitrogen and oxygen atoms in total. The fourth-order valence-electron chi connectivity index (χ4n) is 0.759. The van der Waals surface area contributed by atoms with Gasteiger partial charge >= 0.3 is 0 Å². The summed E-state index contributed by atoms with van der Waals surface area (Å²) in [6.07, 6.45) is 0.887. The van der Waals surface area contributed by atoms with Gasteiger partial charge in [0.2, 0.25) is 0 Å². The summed E-state index contributed by atoms with van der Waals surface area (Å²) < 4.78 is 16.3. The van der Waals surface area contributed by atoms with Crippen LogP contribution in [0.4, 0.5) is 0 Å². The van der Waals surface area contributed by atoms with Crippen LogP contribution in [-0.2, 0) is 15.3 Å². The molecule has 1 rings (SSSR count). The Kier molecular flexibility index (Phi) is 3.97. The lowest BCUT2D eigenvalue weighted by molar-refractivity contribution is 0.347. The van der Waals surface area contributed by atoms with Crippen molar-refractivity contribution in [3.63, 3.8) is 0 Å². The van der Waals surface area contributed by atoms with Gasteiger partial charge in [0.15, 0.2) is 11.1 Å². The Bertz CT molecular complexity index is 246. The Hall–Kier alpha value is -0.670. The van der Waals surface area contributed by atoms with Crippen molar-refractivity contribution >= 4 is 11.1 Å². The van der Waals surface area contributed by atoms with Crippen LogP contribution in [-0.4, -0.2) is 10.8 Å². The third-order valence-electron chi connectivity index (χ3n) is 1.33. The number of hydrogen-bond donors (Lipinski definition) is 0. The van der Waals surface area contributed by atoms with Crippen molar-refractivity contribution in [2.24, 2.45) is 0 Å². The van der Waals surface area contributed by atoms with Gasteiger partial charge in [0, 0.05) is 0 Å². The quantitative estimate of drug-likeness (QED) is 0.716. The van der Waals surface area contributed by atoms with Crippen molar-refractivity contribution in [2.45, 2.75) is 18.2 Å². The van der Waals surface area contributed by atoms with E-state index in [4.69, 9.17) is 4.18 Å². The molecule has 0 saturated heterocycles. The topological polar surface area (TPSA) is 26.3 Å². The van der Waals surface area contributed by atoms with Crippen molar-refractivity contribution in [1.29, 1.82) is 0 Å². The summed E-state index contributed by atoms with van der Waals surface area (Å²) in [5.74, 6) is 0. The van der Waals surface area contributed by atoms with E-state index in [9.17, 15) is 4.21 Å². The molecular formula is C9H12O2S. The molecule has 0 aliphatic rings. The first kappa shape index (κ1) is 9.42. The molecule has 0 N–H and O–H groups in total. The third kappa shape index (κ3) is 2.75. The summed E-state index contributed by atoms with van der Waals surface area (Å²) >= 11 is -1.28. The highest BCUT2D eigenvalue weighted by atomic mass is 32.2. The molecule has 1 aromatic carbocycles. The lowest BCUT2D eigenvalue weighted by Gasteiger charge is -2.00. The number of benzene rings is 1. The summed E-state index contributed by atoms with van der Waals surface area (Å²) in [5, 5.41) is 0. The Balaban J connectivity index is 2.54. The second-order valence-corrected chi connectivity index (χ2v) is 3.55. The van der Waals surface area contributed by atoms with E-state index in [0.717, 1.165) is 11.3 Å². The molecule has 0 spiro atoms. The van der Waals surface area contributed by atoms with Crippen LogP contribution in [0.15, 0.2) is 35.2 Å². The zero-order valence-electron chi connectivity index (χ0n) is 7.03. The predicted octanol–water partition coefficient (Wildman–Crippen LogP) is 2.14. The highest BCUT2D eigenvalue weighted by Crippen LogP contribution is 2.06. The Morgan fingerprint density at radius 2 is 2.00 bits per heavy atom. The van der Waals surface area contributed by atoms with Gasteiger partial charge in [-0.25, -0.2) is 4.21 Å². The Morgan fingerprint density at radius 1 is 1.33 bits per heavy atom.